The van der Waals surface area contributed by atoms with Crippen molar-refractivity contribution in [1.29, 1.82) is 0 Å². The van der Waals surface area contributed by atoms with Gasteiger partial charge in [-0.15, -0.1) is 0 Å². The molecule has 1 saturated heterocycles. The molecule has 4 rings (SSSR count). The average molecular weight is 539 g/mol. The number of halogens is 1. The van der Waals surface area contributed by atoms with Crippen LogP contribution in [-0.2, 0) is 4.74 Å². The van der Waals surface area contributed by atoms with Gasteiger partial charge in [-0.1, -0.05) is 0 Å². The van der Waals surface area contributed by atoms with Crippen molar-refractivity contribution in [2.24, 2.45) is 0 Å². The van der Waals surface area contributed by atoms with Crippen molar-refractivity contribution in [3.63, 3.8) is 0 Å². The minimum absolute atomic E-state index is 0.0220. The number of hydrogen-bond donors (Lipinski definition) is 4. The maximum Gasteiger partial charge on any atom is 0.412 e. The van der Waals surface area contributed by atoms with E-state index in [-0.39, 0.29) is 30.6 Å². The fourth-order valence-electron chi connectivity index (χ4n) is 4.03. The molecule has 3 heterocycles. The van der Waals surface area contributed by atoms with Crippen LogP contribution in [0.15, 0.2) is 42.6 Å². The predicted molar refractivity (Wildman–Crippen MR) is 144 cm³/mol. The Morgan fingerprint density at radius 1 is 1.13 bits per heavy atom. The minimum atomic E-state index is -0.667. The van der Waals surface area contributed by atoms with Crippen LogP contribution in [0.3, 0.4) is 0 Å². The molecule has 3 aromatic rings. The van der Waals surface area contributed by atoms with Crippen LogP contribution >= 0.6 is 0 Å². The number of methoxy groups -OCH3 is 1. The van der Waals surface area contributed by atoms with E-state index in [1.54, 1.807) is 37.3 Å². The van der Waals surface area contributed by atoms with Crippen molar-refractivity contribution >= 4 is 23.6 Å². The molecule has 0 unspecified atom stereocenters. The van der Waals surface area contributed by atoms with E-state index in [1.807, 2.05) is 0 Å². The summed E-state index contributed by atoms with van der Waals surface area (Å²) < 4.78 is 25.0. The number of carbonyl (C=O) groups excluding carboxylic acids is 2. The molecule has 0 saturated carbocycles. The zero-order valence-electron chi connectivity index (χ0n) is 21.8. The molecule has 4 N–H and O–H groups in total. The van der Waals surface area contributed by atoms with Crippen LogP contribution in [-0.4, -0.2) is 78.6 Å². The van der Waals surface area contributed by atoms with E-state index in [1.165, 1.54) is 25.8 Å². The first-order valence-electron chi connectivity index (χ1n) is 12.5. The summed E-state index contributed by atoms with van der Waals surface area (Å²) in [7, 11) is 1.25. The number of nitrogens with one attached hydrogen (secondary N) is 3. The van der Waals surface area contributed by atoms with Crippen molar-refractivity contribution in [3.8, 4) is 28.3 Å². The number of aliphatic hydroxyl groups excluding tert-OH is 1. The van der Waals surface area contributed by atoms with Crippen molar-refractivity contribution in [1.82, 2.24) is 20.2 Å². The Morgan fingerprint density at radius 3 is 2.67 bits per heavy atom. The molecule has 1 fully saturated rings. The summed E-state index contributed by atoms with van der Waals surface area (Å²) in [5.74, 6) is -0.0698. The molecule has 0 aliphatic carbocycles. The number of aliphatic hydroxyl groups is 1. The molecule has 2 aromatic heterocycles. The number of ether oxygens (including phenoxy) is 2. The van der Waals surface area contributed by atoms with Crippen molar-refractivity contribution < 1.29 is 28.6 Å². The van der Waals surface area contributed by atoms with Crippen molar-refractivity contribution in [3.05, 3.63) is 54.0 Å². The number of aromatic nitrogens is 2. The molecule has 1 aliphatic heterocycles. The number of rotatable bonds is 10. The lowest BCUT2D eigenvalue weighted by atomic mass is 9.98. The summed E-state index contributed by atoms with van der Waals surface area (Å²) in [4.78, 5) is 34.9. The molecule has 0 atom stereocenters. The summed E-state index contributed by atoms with van der Waals surface area (Å²) >= 11 is 0. The van der Waals surface area contributed by atoms with E-state index >= 15 is 0 Å². The number of nitrogens with zero attached hydrogens (tertiary/aromatic N) is 3. The van der Waals surface area contributed by atoms with Gasteiger partial charge in [0, 0.05) is 30.9 Å². The molecule has 3 amide bonds. The summed E-state index contributed by atoms with van der Waals surface area (Å²) in [5, 5.41) is 17.1. The van der Waals surface area contributed by atoms with Crippen molar-refractivity contribution in [2.75, 3.05) is 57.1 Å². The number of pyridine rings is 2. The Balaban J connectivity index is 1.63. The summed E-state index contributed by atoms with van der Waals surface area (Å²) in [6, 6.07) is 9.20. The third kappa shape index (κ3) is 7.39. The minimum Gasteiger partial charge on any atom is -0.475 e. The van der Waals surface area contributed by atoms with Gasteiger partial charge in [0.1, 0.15) is 18.2 Å². The monoisotopic (exact) mass is 538 g/mol. The zero-order chi connectivity index (χ0) is 27.8. The average Bonchev–Trinajstić information content (AvgIpc) is 2.90. The molecule has 206 valence electrons. The highest BCUT2D eigenvalue weighted by molar-refractivity contribution is 5.91. The molecular formula is C27H31FN6O5. The van der Waals surface area contributed by atoms with E-state index in [9.17, 15) is 19.1 Å². The van der Waals surface area contributed by atoms with Crippen molar-refractivity contribution in [2.45, 2.75) is 13.3 Å². The number of aryl methyl sites for hydroxylation is 1. The highest BCUT2D eigenvalue weighted by atomic mass is 19.1. The van der Waals surface area contributed by atoms with Gasteiger partial charge >= 0.3 is 12.1 Å². The zero-order valence-corrected chi connectivity index (χ0v) is 21.8. The number of carbonyl (C=O) groups is 2. The smallest absolute Gasteiger partial charge is 0.412 e. The SMILES string of the molecule is COC(=O)Nc1cc(-c2cc(-c3cc(NC(=O)NCCN4CCC4)c(F)cc3C)cc(OCCO)n2)ccn1. The van der Waals surface area contributed by atoms with Gasteiger partial charge in [-0.25, -0.2) is 23.9 Å². The first-order valence-corrected chi connectivity index (χ1v) is 12.5. The van der Waals surface area contributed by atoms with E-state index in [2.05, 4.69) is 35.6 Å². The second kappa shape index (κ2) is 13.0. The lowest BCUT2D eigenvalue weighted by molar-refractivity contribution is 0.182. The van der Waals surface area contributed by atoms with Crippen LogP contribution < -0.4 is 20.7 Å². The van der Waals surface area contributed by atoms with Gasteiger partial charge in [0.25, 0.3) is 0 Å². The molecule has 39 heavy (non-hydrogen) atoms. The number of amides is 3. The second-order valence-corrected chi connectivity index (χ2v) is 8.92. The van der Waals surface area contributed by atoms with E-state index in [4.69, 9.17) is 4.74 Å². The van der Waals surface area contributed by atoms with Crippen LogP contribution in [0.5, 0.6) is 5.88 Å². The lowest BCUT2D eigenvalue weighted by Crippen LogP contribution is -2.43. The number of hydrogen-bond acceptors (Lipinski definition) is 8. The quantitative estimate of drug-likeness (QED) is 0.307. The maximum absolute atomic E-state index is 14.8. The predicted octanol–water partition coefficient (Wildman–Crippen LogP) is 3.63. The Kier molecular flexibility index (Phi) is 9.23. The molecular weight excluding hydrogens is 507 g/mol. The summed E-state index contributed by atoms with van der Waals surface area (Å²) in [6.45, 7) is 4.84. The van der Waals surface area contributed by atoms with Gasteiger partial charge in [-0.05, 0) is 73.5 Å². The Labute approximate surface area is 225 Å². The first-order chi connectivity index (χ1) is 18.9. The van der Waals surface area contributed by atoms with E-state index in [0.717, 1.165) is 19.6 Å². The van der Waals surface area contributed by atoms with Crippen LogP contribution in [0.2, 0.25) is 0 Å². The summed E-state index contributed by atoms with van der Waals surface area (Å²) in [5.41, 5.74) is 3.05. The van der Waals surface area contributed by atoms with Gasteiger partial charge in [0.15, 0.2) is 0 Å². The molecule has 12 heteroatoms. The number of anilines is 2. The highest BCUT2D eigenvalue weighted by Crippen LogP contribution is 2.34. The van der Waals surface area contributed by atoms with Crippen LogP contribution in [0.1, 0.15) is 12.0 Å². The molecule has 1 aliphatic rings. The maximum atomic E-state index is 14.8. The molecule has 11 nitrogen and oxygen atoms in total. The fraction of sp³-hybridized carbons (Fsp3) is 0.333. The van der Waals surface area contributed by atoms with Crippen LogP contribution in [0, 0.1) is 12.7 Å². The number of urea groups is 1. The molecule has 0 spiro atoms. The summed E-state index contributed by atoms with van der Waals surface area (Å²) in [6.07, 6.45) is 2.01. The third-order valence-corrected chi connectivity index (χ3v) is 6.15. The third-order valence-electron chi connectivity index (χ3n) is 6.15. The highest BCUT2D eigenvalue weighted by Gasteiger charge is 2.16. The van der Waals surface area contributed by atoms with Gasteiger partial charge < -0.3 is 30.1 Å². The van der Waals surface area contributed by atoms with Gasteiger partial charge in [0.2, 0.25) is 5.88 Å². The van der Waals surface area contributed by atoms with Crippen LogP contribution in [0.4, 0.5) is 25.5 Å². The molecule has 0 radical (unpaired) electrons. The molecule has 0 bridgehead atoms. The standard InChI is InChI=1S/C27H31FN6O5/c1-17-12-21(28)23(32-26(36)30-6-9-34-7-3-8-34)16-20(17)19-13-22(31-25(15-19)39-11-10-35)18-4-5-29-24(14-18)33-27(37)38-2/h4-5,12-16,35H,3,6-11H2,1-2H3,(H,29,33,37)(H2,30,32,36). The second-order valence-electron chi connectivity index (χ2n) is 8.92. The van der Waals surface area contributed by atoms with E-state index < -0.39 is 17.9 Å². The van der Waals surface area contributed by atoms with Gasteiger partial charge in [-0.2, -0.15) is 0 Å². The Hall–Kier alpha value is -4.29. The molecule has 1 aromatic carbocycles. The first kappa shape index (κ1) is 27.7. The normalized spacial score (nSPS) is 12.8. The van der Waals surface area contributed by atoms with Gasteiger partial charge in [-0.3, -0.25) is 5.32 Å². The lowest BCUT2D eigenvalue weighted by Gasteiger charge is -2.30. The van der Waals surface area contributed by atoms with Gasteiger partial charge in [0.05, 0.1) is 25.1 Å². The Bertz CT molecular complexity index is 1330. The Morgan fingerprint density at radius 2 is 1.95 bits per heavy atom. The fourth-order valence-corrected chi connectivity index (χ4v) is 4.03. The van der Waals surface area contributed by atoms with E-state index in [0.29, 0.717) is 34.5 Å². The number of likely N-dealkylation sites (tertiary alicyclic amines) is 1. The topological polar surface area (TPSA) is 138 Å². The number of benzene rings is 1. The van der Waals surface area contributed by atoms with Crippen LogP contribution in [0.25, 0.3) is 22.4 Å². The largest absolute Gasteiger partial charge is 0.475 e.